The van der Waals surface area contributed by atoms with Gasteiger partial charge in [-0.3, -0.25) is 9.80 Å². The van der Waals surface area contributed by atoms with Crippen LogP contribution in [0.5, 0.6) is 0 Å². The molecule has 1 N–H and O–H groups in total. The first kappa shape index (κ1) is 11.4. The van der Waals surface area contributed by atoms with E-state index in [1.807, 2.05) is 0 Å². The Kier molecular flexibility index (Phi) is 4.00. The number of nitrogens with one attached hydrogen (secondary N) is 1. The van der Waals surface area contributed by atoms with E-state index in [9.17, 15) is 0 Å². The first-order valence-electron chi connectivity index (χ1n) is 6.54. The molecule has 0 aromatic heterocycles. The van der Waals surface area contributed by atoms with Gasteiger partial charge >= 0.3 is 0 Å². The summed E-state index contributed by atoms with van der Waals surface area (Å²) < 4.78 is 0. The fourth-order valence-corrected chi connectivity index (χ4v) is 2.87. The van der Waals surface area contributed by atoms with E-state index in [0.29, 0.717) is 0 Å². The fraction of sp³-hybridized carbons (Fsp3) is 1.00. The van der Waals surface area contributed by atoms with Crippen LogP contribution in [0.25, 0.3) is 0 Å². The van der Waals surface area contributed by atoms with Crippen LogP contribution in [0.4, 0.5) is 0 Å². The molecule has 3 heteroatoms. The molecule has 2 saturated heterocycles. The van der Waals surface area contributed by atoms with E-state index in [4.69, 9.17) is 0 Å². The van der Waals surface area contributed by atoms with Gasteiger partial charge in [-0.15, -0.1) is 0 Å². The van der Waals surface area contributed by atoms with Crippen molar-refractivity contribution in [2.24, 2.45) is 0 Å². The number of hydrogen-bond donors (Lipinski definition) is 1. The molecule has 0 aliphatic carbocycles. The van der Waals surface area contributed by atoms with Gasteiger partial charge in [-0.05, 0) is 12.8 Å². The van der Waals surface area contributed by atoms with Crippen molar-refractivity contribution in [1.82, 2.24) is 15.1 Å². The molecular formula is C12H25N3. The predicted molar refractivity (Wildman–Crippen MR) is 64.2 cm³/mol. The largest absolute Gasteiger partial charge is 0.314 e. The van der Waals surface area contributed by atoms with Crippen LogP contribution in [0.1, 0.15) is 26.7 Å². The van der Waals surface area contributed by atoms with E-state index in [1.54, 1.807) is 0 Å². The average Bonchev–Trinajstić information content (AvgIpc) is 2.24. The Balaban J connectivity index is 1.72. The molecule has 2 rings (SSSR count). The zero-order valence-electron chi connectivity index (χ0n) is 10.2. The molecule has 2 aliphatic heterocycles. The standard InChI is InChI=1S/C12H25N3/c1-3-11(4-2)15-9-12(10-15)14-7-5-13-6-8-14/h11-13H,3-10H2,1-2H3. The van der Waals surface area contributed by atoms with E-state index in [-0.39, 0.29) is 0 Å². The Morgan fingerprint density at radius 3 is 2.27 bits per heavy atom. The monoisotopic (exact) mass is 211 g/mol. The molecule has 0 aromatic carbocycles. The molecule has 0 radical (unpaired) electrons. The molecule has 88 valence electrons. The molecule has 0 spiro atoms. The fourth-order valence-electron chi connectivity index (χ4n) is 2.87. The highest BCUT2D eigenvalue weighted by atomic mass is 15.3. The second kappa shape index (κ2) is 5.28. The molecule has 0 amide bonds. The highest BCUT2D eigenvalue weighted by Crippen LogP contribution is 2.21. The number of likely N-dealkylation sites (tertiary alicyclic amines) is 1. The van der Waals surface area contributed by atoms with Crippen LogP contribution in [0.15, 0.2) is 0 Å². The Morgan fingerprint density at radius 2 is 1.73 bits per heavy atom. The molecule has 0 aromatic rings. The van der Waals surface area contributed by atoms with Gasteiger partial charge in [0.15, 0.2) is 0 Å². The van der Waals surface area contributed by atoms with Gasteiger partial charge in [-0.1, -0.05) is 13.8 Å². The third kappa shape index (κ3) is 2.52. The van der Waals surface area contributed by atoms with Gasteiger partial charge in [0, 0.05) is 51.4 Å². The van der Waals surface area contributed by atoms with Crippen LogP contribution in [-0.4, -0.2) is 61.2 Å². The Hall–Kier alpha value is -0.120. The Labute approximate surface area is 93.8 Å². The van der Waals surface area contributed by atoms with Crippen molar-refractivity contribution in [2.45, 2.75) is 38.8 Å². The molecule has 0 saturated carbocycles. The second-order valence-corrected chi connectivity index (χ2v) is 4.86. The summed E-state index contributed by atoms with van der Waals surface area (Å²) in [5.41, 5.74) is 0. The maximum absolute atomic E-state index is 3.42. The lowest BCUT2D eigenvalue weighted by Crippen LogP contribution is -2.64. The third-order valence-electron chi connectivity index (χ3n) is 4.02. The van der Waals surface area contributed by atoms with Gasteiger partial charge in [0.1, 0.15) is 0 Å². The molecule has 15 heavy (non-hydrogen) atoms. The summed E-state index contributed by atoms with van der Waals surface area (Å²) in [6.45, 7) is 12.1. The first-order valence-corrected chi connectivity index (χ1v) is 6.54. The lowest BCUT2D eigenvalue weighted by Gasteiger charge is -2.49. The highest BCUT2D eigenvalue weighted by molar-refractivity contribution is 4.92. The van der Waals surface area contributed by atoms with Crippen LogP contribution in [0.2, 0.25) is 0 Å². The minimum absolute atomic E-state index is 0.837. The molecule has 0 atom stereocenters. The van der Waals surface area contributed by atoms with Crippen molar-refractivity contribution in [2.75, 3.05) is 39.3 Å². The van der Waals surface area contributed by atoms with Crippen molar-refractivity contribution >= 4 is 0 Å². The Bertz CT molecular complexity index is 179. The number of piperazine rings is 1. The van der Waals surface area contributed by atoms with Crippen molar-refractivity contribution in [1.29, 1.82) is 0 Å². The van der Waals surface area contributed by atoms with Crippen LogP contribution in [0.3, 0.4) is 0 Å². The lowest BCUT2D eigenvalue weighted by atomic mass is 10.00. The van der Waals surface area contributed by atoms with E-state index < -0.39 is 0 Å². The van der Waals surface area contributed by atoms with Crippen LogP contribution >= 0.6 is 0 Å². The summed E-state index contributed by atoms with van der Waals surface area (Å²) in [6, 6.07) is 1.69. The molecule has 0 unspecified atom stereocenters. The third-order valence-corrected chi connectivity index (χ3v) is 4.02. The van der Waals surface area contributed by atoms with Crippen molar-refractivity contribution in [3.8, 4) is 0 Å². The van der Waals surface area contributed by atoms with Crippen molar-refractivity contribution in [3.63, 3.8) is 0 Å². The highest BCUT2D eigenvalue weighted by Gasteiger charge is 2.34. The van der Waals surface area contributed by atoms with E-state index in [1.165, 1.54) is 52.1 Å². The number of nitrogens with zero attached hydrogens (tertiary/aromatic N) is 2. The number of hydrogen-bond acceptors (Lipinski definition) is 3. The lowest BCUT2D eigenvalue weighted by molar-refractivity contribution is -0.00244. The van der Waals surface area contributed by atoms with Crippen LogP contribution in [0, 0.1) is 0 Å². The second-order valence-electron chi connectivity index (χ2n) is 4.86. The van der Waals surface area contributed by atoms with E-state index in [2.05, 4.69) is 29.0 Å². The van der Waals surface area contributed by atoms with Crippen molar-refractivity contribution in [3.05, 3.63) is 0 Å². The topological polar surface area (TPSA) is 18.5 Å². The molecule has 2 fully saturated rings. The average molecular weight is 211 g/mol. The van der Waals surface area contributed by atoms with Crippen LogP contribution in [-0.2, 0) is 0 Å². The maximum atomic E-state index is 3.42. The van der Waals surface area contributed by atoms with E-state index in [0.717, 1.165) is 12.1 Å². The van der Waals surface area contributed by atoms with Crippen LogP contribution < -0.4 is 5.32 Å². The summed E-state index contributed by atoms with van der Waals surface area (Å²) in [5, 5.41) is 3.42. The maximum Gasteiger partial charge on any atom is 0.0351 e. The van der Waals surface area contributed by atoms with Gasteiger partial charge in [0.2, 0.25) is 0 Å². The molecule has 0 bridgehead atoms. The zero-order valence-corrected chi connectivity index (χ0v) is 10.2. The summed E-state index contributed by atoms with van der Waals surface area (Å²) in [4.78, 5) is 5.32. The number of rotatable bonds is 4. The molecule has 2 aliphatic rings. The van der Waals surface area contributed by atoms with Gasteiger partial charge in [-0.25, -0.2) is 0 Å². The summed E-state index contributed by atoms with van der Waals surface area (Å²) in [5.74, 6) is 0. The SMILES string of the molecule is CCC(CC)N1CC(N2CCNCC2)C1. The molecular weight excluding hydrogens is 186 g/mol. The smallest absolute Gasteiger partial charge is 0.0351 e. The van der Waals surface area contributed by atoms with Gasteiger partial charge in [0.25, 0.3) is 0 Å². The predicted octanol–water partition coefficient (Wildman–Crippen LogP) is 0.764. The minimum Gasteiger partial charge on any atom is -0.314 e. The summed E-state index contributed by atoms with van der Waals surface area (Å²) in [7, 11) is 0. The normalized spacial score (nSPS) is 25.8. The molecule has 3 nitrogen and oxygen atoms in total. The van der Waals surface area contributed by atoms with Gasteiger partial charge < -0.3 is 5.32 Å². The summed E-state index contributed by atoms with van der Waals surface area (Å²) in [6.07, 6.45) is 2.62. The molecule has 2 heterocycles. The Morgan fingerprint density at radius 1 is 1.13 bits per heavy atom. The zero-order chi connectivity index (χ0) is 10.7. The quantitative estimate of drug-likeness (QED) is 0.741. The van der Waals surface area contributed by atoms with Crippen molar-refractivity contribution < 1.29 is 0 Å². The minimum atomic E-state index is 0.837. The first-order chi connectivity index (χ1) is 7.35. The van der Waals surface area contributed by atoms with Gasteiger partial charge in [-0.2, -0.15) is 0 Å². The van der Waals surface area contributed by atoms with Gasteiger partial charge in [0.05, 0.1) is 0 Å². The van der Waals surface area contributed by atoms with E-state index >= 15 is 0 Å². The summed E-state index contributed by atoms with van der Waals surface area (Å²) >= 11 is 0.